The number of anilines is 9. The molecule has 6 heteroatoms. The van der Waals surface area contributed by atoms with Crippen molar-refractivity contribution in [3.8, 4) is 100 Å². The second kappa shape index (κ2) is 39.5. The predicted octanol–water partition coefficient (Wildman–Crippen LogP) is 41.7. The van der Waals surface area contributed by atoms with Crippen LogP contribution in [0.1, 0.15) is 0 Å². The second-order valence-corrected chi connectivity index (χ2v) is 39.9. The standard InChI is InChI=1S/C50H33NS.C46H31NO.C46H31NS/c1-2-9-34(10-3-1)39-19-17-36-18-20-40(32-41(36)31-39)35-21-25-42(26-22-35)51(44-29-30-48-47-14-6-7-16-49(47)52-50(48)33-44)43-27-23-38(24-28-43)46-15-8-12-37-11-4-5-13-45(37)46;2*1-3-10-32(11-4-1)34-22-26-40(27-23-34)47(43-15-9-17-45-46(43)42-14-7-8-16-44(42)48-45)41-28-24-35(25-29-41)38-21-19-36-18-20-37(30-39(36)31-38)33-12-5-2-6-13-33/h1-33H;2*1-31H. The molecular weight excluding hydrogens is 1830 g/mol. The Morgan fingerprint density at radius 1 is 0.135 bits per heavy atom. The molecule has 0 unspecified atom stereocenters. The van der Waals surface area contributed by atoms with E-state index in [2.05, 4.69) is 579 Å². The van der Waals surface area contributed by atoms with Gasteiger partial charge in [-0.15, -0.1) is 22.7 Å². The molecule has 0 atom stereocenters. The summed E-state index contributed by atoms with van der Waals surface area (Å²) in [5.74, 6) is 0. The topological polar surface area (TPSA) is 22.9 Å². The lowest BCUT2D eigenvalue weighted by Gasteiger charge is -2.27. The molecule has 25 aromatic carbocycles. The van der Waals surface area contributed by atoms with E-state index in [1.807, 2.05) is 34.8 Å². The fourth-order valence-corrected chi connectivity index (χ4v) is 23.6. The number of nitrogens with zero attached hydrogens (tertiary/aromatic N) is 3. The largest absolute Gasteiger partial charge is 0.456 e. The van der Waals surface area contributed by atoms with Crippen LogP contribution in [-0.2, 0) is 0 Å². The number of hydrogen-bond acceptors (Lipinski definition) is 6. The number of para-hydroxylation sites is 1. The Morgan fingerprint density at radius 3 is 0.845 bits per heavy atom. The normalized spacial score (nSPS) is 11.4. The minimum absolute atomic E-state index is 0.877. The molecule has 148 heavy (non-hydrogen) atoms. The van der Waals surface area contributed by atoms with E-state index in [1.54, 1.807) is 0 Å². The summed E-state index contributed by atoms with van der Waals surface area (Å²) >= 11 is 3.71. The maximum atomic E-state index is 6.31. The summed E-state index contributed by atoms with van der Waals surface area (Å²) in [5, 5.41) is 17.4. The van der Waals surface area contributed by atoms with Crippen LogP contribution in [0.2, 0.25) is 0 Å². The van der Waals surface area contributed by atoms with Gasteiger partial charge in [-0.2, -0.15) is 0 Å². The average molecular weight is 1920 g/mol. The van der Waals surface area contributed by atoms with Gasteiger partial charge in [0.25, 0.3) is 0 Å². The van der Waals surface area contributed by atoms with Crippen molar-refractivity contribution in [2.45, 2.75) is 0 Å². The molecular formula is C142H95N3OS2. The van der Waals surface area contributed by atoms with Crippen molar-refractivity contribution in [3.05, 3.63) is 576 Å². The number of thiophene rings is 2. The molecule has 28 aromatic rings. The molecule has 4 nitrogen and oxygen atoms in total. The molecule has 0 saturated carbocycles. The lowest BCUT2D eigenvalue weighted by Crippen LogP contribution is -2.10. The van der Waals surface area contributed by atoms with Crippen molar-refractivity contribution in [1.29, 1.82) is 0 Å². The van der Waals surface area contributed by atoms with Gasteiger partial charge in [0.05, 0.1) is 16.8 Å². The number of furan rings is 1. The fourth-order valence-electron chi connectivity index (χ4n) is 21.3. The molecule has 0 aliphatic carbocycles. The van der Waals surface area contributed by atoms with Crippen LogP contribution in [0.25, 0.3) is 206 Å². The Labute approximate surface area is 868 Å². The van der Waals surface area contributed by atoms with Crippen molar-refractivity contribution in [1.82, 2.24) is 0 Å². The summed E-state index contributed by atoms with van der Waals surface area (Å²) in [6.45, 7) is 0. The zero-order chi connectivity index (χ0) is 98.2. The fraction of sp³-hybridized carbons (Fsp3) is 0. The van der Waals surface area contributed by atoms with Crippen LogP contribution in [0, 0.1) is 0 Å². The van der Waals surface area contributed by atoms with Crippen LogP contribution in [0.15, 0.2) is 581 Å². The Morgan fingerprint density at radius 2 is 0.412 bits per heavy atom. The van der Waals surface area contributed by atoms with Crippen molar-refractivity contribution in [2.24, 2.45) is 0 Å². The van der Waals surface area contributed by atoms with Gasteiger partial charge in [-0.1, -0.05) is 413 Å². The minimum Gasteiger partial charge on any atom is -0.456 e. The molecule has 3 heterocycles. The zero-order valence-electron chi connectivity index (χ0n) is 80.9. The van der Waals surface area contributed by atoms with Crippen LogP contribution in [0.4, 0.5) is 51.2 Å². The Balaban J connectivity index is 0.000000112. The molecule has 0 bridgehead atoms. The highest BCUT2D eigenvalue weighted by atomic mass is 32.1. The summed E-state index contributed by atoms with van der Waals surface area (Å²) in [4.78, 5) is 7.13. The molecule has 0 amide bonds. The van der Waals surface area contributed by atoms with Crippen molar-refractivity contribution in [3.63, 3.8) is 0 Å². The quantitative estimate of drug-likeness (QED) is 0.0854. The van der Waals surface area contributed by atoms with Crippen LogP contribution in [-0.4, -0.2) is 0 Å². The minimum atomic E-state index is 0.877. The van der Waals surface area contributed by atoms with Crippen LogP contribution in [0.3, 0.4) is 0 Å². The van der Waals surface area contributed by atoms with Crippen molar-refractivity contribution in [2.75, 3.05) is 14.7 Å². The second-order valence-electron chi connectivity index (χ2n) is 37.8. The maximum Gasteiger partial charge on any atom is 0.137 e. The third kappa shape index (κ3) is 17.7. The van der Waals surface area contributed by atoms with Crippen molar-refractivity contribution < 1.29 is 4.42 Å². The lowest BCUT2D eigenvalue weighted by atomic mass is 9.97. The first-order valence-electron chi connectivity index (χ1n) is 50.4. The number of benzene rings is 25. The SMILES string of the molecule is c1ccc(-c2ccc(N(c3ccc(-c4ccc5ccc(-c6ccccc6)cc5c4)cc3)c3cccc4oc5ccccc5c34)cc2)cc1.c1ccc(-c2ccc(N(c3ccc(-c4ccc5ccc(-c6ccccc6)cc5c4)cc3)c3cccc4sc5ccccc5c34)cc2)cc1.c1ccc(-c2ccc3ccc(-c4ccc(N(c5ccc(-c6cccc7ccccc67)cc5)c5ccc6c(c5)sc5ccccc56)cc4)cc3c2)cc1. The molecule has 0 spiro atoms. The van der Waals surface area contributed by atoms with Gasteiger partial charge in [-0.05, 0) is 307 Å². The summed E-state index contributed by atoms with van der Waals surface area (Å²) in [6, 6.07) is 208. The van der Waals surface area contributed by atoms with E-state index in [9.17, 15) is 0 Å². The van der Waals surface area contributed by atoms with Gasteiger partial charge in [0.1, 0.15) is 11.2 Å². The monoisotopic (exact) mass is 1920 g/mol. The highest BCUT2D eigenvalue weighted by Crippen LogP contribution is 2.50. The van der Waals surface area contributed by atoms with Gasteiger partial charge in [0.15, 0.2) is 0 Å². The number of hydrogen-bond donors (Lipinski definition) is 0. The highest BCUT2D eigenvalue weighted by Gasteiger charge is 2.25. The average Bonchev–Trinajstić information content (AvgIpc) is 1.59. The first kappa shape index (κ1) is 89.3. The zero-order valence-corrected chi connectivity index (χ0v) is 82.5. The van der Waals surface area contributed by atoms with Gasteiger partial charge in [0, 0.05) is 85.5 Å². The Hall–Kier alpha value is -18.8. The van der Waals surface area contributed by atoms with E-state index >= 15 is 0 Å². The van der Waals surface area contributed by atoms with E-state index in [1.165, 1.54) is 189 Å². The maximum absolute atomic E-state index is 6.31. The molecule has 696 valence electrons. The molecule has 28 rings (SSSR count). The Bertz CT molecular complexity index is 9370. The third-order valence-electron chi connectivity index (χ3n) is 28.8. The highest BCUT2D eigenvalue weighted by molar-refractivity contribution is 7.26. The number of rotatable bonds is 18. The summed E-state index contributed by atoms with van der Waals surface area (Å²) < 4.78 is 11.5. The van der Waals surface area contributed by atoms with Gasteiger partial charge in [-0.3, -0.25) is 0 Å². The van der Waals surface area contributed by atoms with Gasteiger partial charge < -0.3 is 19.1 Å². The molecule has 0 aliphatic heterocycles. The molecule has 0 saturated heterocycles. The van der Waals surface area contributed by atoms with Gasteiger partial charge >= 0.3 is 0 Å². The van der Waals surface area contributed by atoms with Crippen LogP contribution in [0.5, 0.6) is 0 Å². The van der Waals surface area contributed by atoms with Crippen molar-refractivity contribution >= 4 is 179 Å². The number of fused-ring (bicyclic) bond motifs is 13. The van der Waals surface area contributed by atoms with E-state index in [0.717, 1.165) is 67.4 Å². The molecule has 0 aliphatic rings. The summed E-state index contributed by atoms with van der Waals surface area (Å²) in [5.41, 5.74) is 33.7. The smallest absolute Gasteiger partial charge is 0.137 e. The van der Waals surface area contributed by atoms with Crippen LogP contribution < -0.4 is 14.7 Å². The predicted molar refractivity (Wildman–Crippen MR) is 635 cm³/mol. The van der Waals surface area contributed by atoms with E-state index in [4.69, 9.17) is 4.42 Å². The lowest BCUT2D eigenvalue weighted by molar-refractivity contribution is 0.669. The van der Waals surface area contributed by atoms with E-state index in [0.29, 0.717) is 0 Å². The molecule has 0 radical (unpaired) electrons. The van der Waals surface area contributed by atoms with E-state index < -0.39 is 0 Å². The summed E-state index contributed by atoms with van der Waals surface area (Å²) in [7, 11) is 0. The van der Waals surface area contributed by atoms with Gasteiger partial charge in [-0.25, -0.2) is 0 Å². The van der Waals surface area contributed by atoms with Gasteiger partial charge in [0.2, 0.25) is 0 Å². The third-order valence-corrected chi connectivity index (χ3v) is 31.0. The molecule has 3 aromatic heterocycles. The summed E-state index contributed by atoms with van der Waals surface area (Å²) in [6.07, 6.45) is 0. The van der Waals surface area contributed by atoms with Crippen LogP contribution >= 0.6 is 22.7 Å². The molecule has 0 fully saturated rings. The molecule has 0 N–H and O–H groups in total. The van der Waals surface area contributed by atoms with E-state index in [-0.39, 0.29) is 0 Å². The first-order chi connectivity index (χ1) is 73.3. The first-order valence-corrected chi connectivity index (χ1v) is 52.1. The Kier molecular flexibility index (Phi) is 23.8.